The number of hydrogen-bond donors (Lipinski definition) is 0. The third-order valence-electron chi connectivity index (χ3n) is 3.79. The molecule has 0 aromatic heterocycles. The average molecular weight is 239 g/mol. The van der Waals surface area contributed by atoms with Gasteiger partial charge in [-0.15, -0.1) is 0 Å². The Labute approximate surface area is 102 Å². The Bertz CT molecular complexity index is 328. The number of hydrogen-bond acceptors (Lipinski definition) is 3. The summed E-state index contributed by atoms with van der Waals surface area (Å²) in [5, 5.41) is 0. The molecule has 0 aromatic carbocycles. The van der Waals surface area contributed by atoms with Crippen LogP contribution in [0, 0.1) is 11.3 Å². The molecule has 1 amide bonds. The van der Waals surface area contributed by atoms with Crippen LogP contribution in [0.1, 0.15) is 40.0 Å². The maximum atomic E-state index is 11.9. The summed E-state index contributed by atoms with van der Waals surface area (Å²) in [6.07, 6.45) is 3.94. The van der Waals surface area contributed by atoms with Crippen LogP contribution in [-0.2, 0) is 9.53 Å². The summed E-state index contributed by atoms with van der Waals surface area (Å²) in [6.45, 7) is 6.81. The van der Waals surface area contributed by atoms with E-state index in [0.717, 1.165) is 32.1 Å². The Balaban J connectivity index is 1.95. The third kappa shape index (κ3) is 2.61. The van der Waals surface area contributed by atoms with Gasteiger partial charge in [-0.2, -0.15) is 0 Å². The Morgan fingerprint density at radius 1 is 1.35 bits per heavy atom. The zero-order valence-corrected chi connectivity index (χ0v) is 10.9. The molecule has 2 aliphatic rings. The van der Waals surface area contributed by atoms with E-state index >= 15 is 0 Å². The van der Waals surface area contributed by atoms with E-state index < -0.39 is 5.60 Å². The normalized spacial score (nSPS) is 26.8. The lowest BCUT2D eigenvalue weighted by Crippen LogP contribution is -2.47. The molecule has 0 N–H and O–H groups in total. The molecule has 0 aromatic rings. The predicted molar refractivity (Wildman–Crippen MR) is 63.6 cm³/mol. The highest BCUT2D eigenvalue weighted by Crippen LogP contribution is 2.56. The zero-order valence-electron chi connectivity index (χ0n) is 10.9. The number of rotatable bonds is 1. The van der Waals surface area contributed by atoms with Gasteiger partial charge in [-0.3, -0.25) is 0 Å². The number of piperidine rings is 1. The van der Waals surface area contributed by atoms with Crippen LogP contribution in [0.3, 0.4) is 0 Å². The molecule has 17 heavy (non-hydrogen) atoms. The minimum absolute atomic E-state index is 0.00349. The largest absolute Gasteiger partial charge is 0.444 e. The van der Waals surface area contributed by atoms with Gasteiger partial charge in [0.05, 0.1) is 0 Å². The SMILES string of the molecule is CC(C)(C)OC(=O)N1CCC2(CC2)C(C=O)C1. The van der Waals surface area contributed by atoms with Gasteiger partial charge in [0.2, 0.25) is 0 Å². The van der Waals surface area contributed by atoms with Crippen molar-refractivity contribution in [1.82, 2.24) is 4.90 Å². The lowest BCUT2D eigenvalue weighted by Gasteiger charge is -2.37. The number of ether oxygens (including phenoxy) is 1. The number of nitrogens with zero attached hydrogens (tertiary/aromatic N) is 1. The van der Waals surface area contributed by atoms with E-state index in [2.05, 4.69) is 0 Å². The summed E-state index contributed by atoms with van der Waals surface area (Å²) in [5.41, 5.74) is -0.247. The van der Waals surface area contributed by atoms with Crippen molar-refractivity contribution < 1.29 is 14.3 Å². The molecule has 4 heteroatoms. The van der Waals surface area contributed by atoms with Gasteiger partial charge in [-0.25, -0.2) is 4.79 Å². The van der Waals surface area contributed by atoms with E-state index in [1.807, 2.05) is 20.8 Å². The fraction of sp³-hybridized carbons (Fsp3) is 0.846. The fourth-order valence-electron chi connectivity index (χ4n) is 2.53. The standard InChI is InChI=1S/C13H21NO3/c1-12(2,3)17-11(16)14-7-6-13(4-5-13)10(8-14)9-15/h9-10H,4-8H2,1-3H3. The van der Waals surface area contributed by atoms with Gasteiger partial charge < -0.3 is 14.4 Å². The summed E-state index contributed by atoms with van der Waals surface area (Å²) < 4.78 is 5.33. The lowest BCUT2D eigenvalue weighted by atomic mass is 9.83. The smallest absolute Gasteiger partial charge is 0.410 e. The van der Waals surface area contributed by atoms with Crippen LogP contribution in [-0.4, -0.2) is 36.0 Å². The molecule has 1 saturated heterocycles. The molecular weight excluding hydrogens is 218 g/mol. The number of likely N-dealkylation sites (tertiary alicyclic amines) is 1. The van der Waals surface area contributed by atoms with Crippen LogP contribution in [0.4, 0.5) is 4.79 Å². The van der Waals surface area contributed by atoms with Crippen molar-refractivity contribution in [2.75, 3.05) is 13.1 Å². The molecule has 4 nitrogen and oxygen atoms in total. The summed E-state index contributed by atoms with van der Waals surface area (Å²) in [6, 6.07) is 0. The van der Waals surface area contributed by atoms with E-state index in [9.17, 15) is 9.59 Å². The van der Waals surface area contributed by atoms with E-state index in [4.69, 9.17) is 4.74 Å². The maximum absolute atomic E-state index is 11.9. The Morgan fingerprint density at radius 3 is 2.47 bits per heavy atom. The van der Waals surface area contributed by atoms with E-state index in [-0.39, 0.29) is 17.4 Å². The van der Waals surface area contributed by atoms with Crippen molar-refractivity contribution in [3.05, 3.63) is 0 Å². The summed E-state index contributed by atoms with van der Waals surface area (Å²) >= 11 is 0. The van der Waals surface area contributed by atoms with Crippen LogP contribution >= 0.6 is 0 Å². The second-order valence-electron chi connectivity index (χ2n) is 6.28. The summed E-state index contributed by atoms with van der Waals surface area (Å²) in [7, 11) is 0. The van der Waals surface area contributed by atoms with Crippen LogP contribution in [0.5, 0.6) is 0 Å². The monoisotopic (exact) mass is 239 g/mol. The molecule has 1 atom stereocenters. The van der Waals surface area contributed by atoms with Gasteiger partial charge in [0, 0.05) is 19.0 Å². The topological polar surface area (TPSA) is 46.6 Å². The molecule has 1 heterocycles. The van der Waals surface area contributed by atoms with Gasteiger partial charge in [0.15, 0.2) is 0 Å². The first-order valence-corrected chi connectivity index (χ1v) is 6.30. The number of amides is 1. The van der Waals surface area contributed by atoms with Crippen molar-refractivity contribution in [2.24, 2.45) is 11.3 Å². The van der Waals surface area contributed by atoms with Gasteiger partial charge in [-0.05, 0) is 45.4 Å². The van der Waals surface area contributed by atoms with E-state index in [1.54, 1.807) is 4.90 Å². The molecule has 1 aliphatic carbocycles. The quantitative estimate of drug-likeness (QED) is 0.659. The van der Waals surface area contributed by atoms with Crippen molar-refractivity contribution in [3.63, 3.8) is 0 Å². The number of aldehydes is 1. The summed E-state index contributed by atoms with van der Waals surface area (Å²) in [4.78, 5) is 24.7. The highest BCUT2D eigenvalue weighted by molar-refractivity contribution is 5.69. The first-order valence-electron chi connectivity index (χ1n) is 6.30. The minimum atomic E-state index is -0.470. The van der Waals surface area contributed by atoms with E-state index in [1.165, 1.54) is 0 Å². The minimum Gasteiger partial charge on any atom is -0.444 e. The molecule has 2 fully saturated rings. The van der Waals surface area contributed by atoms with Crippen LogP contribution in [0.15, 0.2) is 0 Å². The predicted octanol–water partition coefficient (Wildman–Crippen LogP) is 2.22. The molecule has 1 spiro atoms. The molecule has 0 radical (unpaired) electrons. The molecule has 2 rings (SSSR count). The number of carbonyl (C=O) groups excluding carboxylic acids is 2. The molecule has 1 unspecified atom stereocenters. The number of carbonyl (C=O) groups is 2. The Morgan fingerprint density at radius 2 is 2.00 bits per heavy atom. The maximum Gasteiger partial charge on any atom is 0.410 e. The molecular formula is C13H21NO3. The lowest BCUT2D eigenvalue weighted by molar-refractivity contribution is -0.115. The van der Waals surface area contributed by atoms with Crippen LogP contribution in [0.25, 0.3) is 0 Å². The highest BCUT2D eigenvalue weighted by atomic mass is 16.6. The Kier molecular flexibility index (Phi) is 2.92. The average Bonchev–Trinajstić information content (AvgIpc) is 2.96. The van der Waals surface area contributed by atoms with Gasteiger partial charge in [0.1, 0.15) is 11.9 Å². The summed E-state index contributed by atoms with van der Waals surface area (Å²) in [5.74, 6) is 0.00349. The Hall–Kier alpha value is -1.06. The molecule has 0 bridgehead atoms. The second-order valence-corrected chi connectivity index (χ2v) is 6.28. The molecule has 96 valence electrons. The second kappa shape index (κ2) is 4.00. The van der Waals surface area contributed by atoms with Gasteiger partial charge >= 0.3 is 6.09 Å². The van der Waals surface area contributed by atoms with Gasteiger partial charge in [-0.1, -0.05) is 0 Å². The van der Waals surface area contributed by atoms with Crippen molar-refractivity contribution in [3.8, 4) is 0 Å². The first kappa shape index (κ1) is 12.4. The van der Waals surface area contributed by atoms with E-state index in [0.29, 0.717) is 6.54 Å². The first-order chi connectivity index (χ1) is 7.86. The third-order valence-corrected chi connectivity index (χ3v) is 3.79. The van der Waals surface area contributed by atoms with Crippen molar-refractivity contribution in [1.29, 1.82) is 0 Å². The van der Waals surface area contributed by atoms with Crippen LogP contribution < -0.4 is 0 Å². The zero-order chi connectivity index (χ0) is 12.7. The van der Waals surface area contributed by atoms with Gasteiger partial charge in [0.25, 0.3) is 0 Å². The molecule has 1 saturated carbocycles. The highest BCUT2D eigenvalue weighted by Gasteiger charge is 2.52. The van der Waals surface area contributed by atoms with Crippen molar-refractivity contribution in [2.45, 2.75) is 45.6 Å². The molecule has 1 aliphatic heterocycles. The fourth-order valence-corrected chi connectivity index (χ4v) is 2.53. The van der Waals surface area contributed by atoms with Crippen LogP contribution in [0.2, 0.25) is 0 Å². The van der Waals surface area contributed by atoms with Crippen molar-refractivity contribution >= 4 is 12.4 Å².